The van der Waals surface area contributed by atoms with Crippen LogP contribution in [0.3, 0.4) is 0 Å². The van der Waals surface area contributed by atoms with Gasteiger partial charge in [0.25, 0.3) is 0 Å². The van der Waals surface area contributed by atoms with Crippen LogP contribution >= 0.6 is 0 Å². The molecule has 5 N–H and O–H groups in total. The summed E-state index contributed by atoms with van der Waals surface area (Å²) >= 11 is 0. The molecular formula is C27H31FN4O3. The summed E-state index contributed by atoms with van der Waals surface area (Å²) in [7, 11) is 0. The number of carbonyl (C=O) groups is 3. The number of halogens is 1. The molecule has 0 spiro atoms. The Labute approximate surface area is 203 Å². The minimum absolute atomic E-state index is 0.144. The molecule has 1 aromatic heterocycles. The third kappa shape index (κ3) is 5.21. The molecular weight excluding hydrogens is 447 g/mol. The van der Waals surface area contributed by atoms with E-state index in [1.165, 1.54) is 12.1 Å². The van der Waals surface area contributed by atoms with Crippen molar-refractivity contribution in [2.24, 2.45) is 11.7 Å². The first-order chi connectivity index (χ1) is 16.7. The number of rotatable bonds is 8. The lowest BCUT2D eigenvalue weighted by Crippen LogP contribution is -2.64. The lowest BCUT2D eigenvalue weighted by molar-refractivity contribution is -0.136. The average Bonchev–Trinajstić information content (AvgIpc) is 3.19. The van der Waals surface area contributed by atoms with Gasteiger partial charge in [-0.2, -0.15) is 0 Å². The molecule has 2 aromatic carbocycles. The number of nitrogens with one attached hydrogen (secondary N) is 3. The summed E-state index contributed by atoms with van der Waals surface area (Å²) in [5.74, 6) is -1.85. The van der Waals surface area contributed by atoms with E-state index in [0.717, 1.165) is 27.7 Å². The number of nitrogens with two attached hydrogens (primary N) is 1. The summed E-state index contributed by atoms with van der Waals surface area (Å²) in [6, 6.07) is 13.0. The molecule has 3 amide bonds. The van der Waals surface area contributed by atoms with Crippen LogP contribution in [0.15, 0.2) is 48.5 Å². The van der Waals surface area contributed by atoms with Gasteiger partial charge in [-0.05, 0) is 54.5 Å². The normalized spacial score (nSPS) is 18.2. The molecule has 1 heterocycles. The maximum absolute atomic E-state index is 13.7. The SMILES string of the molecule is CC(C)[C@H](NC(=O)[C@@]1(NC(=O)CCc2ccc(F)cc2)CCc2[nH]c3ccccc3c2C1)C(N)=O. The van der Waals surface area contributed by atoms with E-state index in [4.69, 9.17) is 5.73 Å². The number of aryl methyl sites for hydroxylation is 2. The predicted molar refractivity (Wildman–Crippen MR) is 132 cm³/mol. The molecule has 3 aromatic rings. The van der Waals surface area contributed by atoms with Crippen LogP contribution in [0.1, 0.15) is 43.5 Å². The van der Waals surface area contributed by atoms with Gasteiger partial charge in [-0.3, -0.25) is 14.4 Å². The van der Waals surface area contributed by atoms with Crippen LogP contribution in [0.2, 0.25) is 0 Å². The highest BCUT2D eigenvalue weighted by Gasteiger charge is 2.45. The maximum Gasteiger partial charge on any atom is 0.246 e. The second kappa shape index (κ2) is 9.90. The number of amides is 3. The molecule has 4 rings (SSSR count). The molecule has 0 unspecified atom stereocenters. The number of fused-ring (bicyclic) bond motifs is 3. The van der Waals surface area contributed by atoms with Crippen molar-refractivity contribution in [2.75, 3.05) is 0 Å². The number of hydrogen-bond donors (Lipinski definition) is 4. The number of carbonyl (C=O) groups excluding carboxylic acids is 3. The van der Waals surface area contributed by atoms with Gasteiger partial charge in [0.15, 0.2) is 0 Å². The Morgan fingerprint density at radius 1 is 1.11 bits per heavy atom. The quantitative estimate of drug-likeness (QED) is 0.399. The van der Waals surface area contributed by atoms with Gasteiger partial charge in [0.1, 0.15) is 17.4 Å². The summed E-state index contributed by atoms with van der Waals surface area (Å²) < 4.78 is 13.2. The van der Waals surface area contributed by atoms with E-state index in [1.54, 1.807) is 12.1 Å². The van der Waals surface area contributed by atoms with Crippen molar-refractivity contribution in [1.29, 1.82) is 0 Å². The number of aromatic amines is 1. The molecule has 0 aliphatic heterocycles. The van der Waals surface area contributed by atoms with Crippen LogP contribution in [0.4, 0.5) is 4.39 Å². The van der Waals surface area contributed by atoms with Crippen molar-refractivity contribution in [3.05, 3.63) is 71.2 Å². The molecule has 2 atom stereocenters. The smallest absolute Gasteiger partial charge is 0.246 e. The summed E-state index contributed by atoms with van der Waals surface area (Å²) in [5.41, 5.74) is 8.17. The fourth-order valence-electron chi connectivity index (χ4n) is 4.84. The number of primary amides is 1. The standard InChI is InChI=1S/C27H31FN4O3/c1-16(2)24(25(29)34)31-26(35)27(32-23(33)12-9-17-7-10-18(28)11-8-17)14-13-22-20(15-27)19-5-3-4-6-21(19)30-22/h3-8,10-11,16,24,30H,9,12-15H2,1-2H3,(H2,29,34)(H,31,35)(H,32,33)/t24-,27+/m0/s1. The summed E-state index contributed by atoms with van der Waals surface area (Å²) in [6.45, 7) is 3.62. The molecule has 1 aliphatic carbocycles. The van der Waals surface area contributed by atoms with Crippen LogP contribution in [-0.4, -0.2) is 34.3 Å². The first kappa shape index (κ1) is 24.4. The van der Waals surface area contributed by atoms with Crippen molar-refractivity contribution in [2.45, 2.75) is 57.5 Å². The number of aromatic nitrogens is 1. The van der Waals surface area contributed by atoms with E-state index in [-0.39, 0.29) is 24.1 Å². The van der Waals surface area contributed by atoms with Gasteiger partial charge in [-0.15, -0.1) is 0 Å². The topological polar surface area (TPSA) is 117 Å². The zero-order valence-electron chi connectivity index (χ0n) is 20.0. The number of benzene rings is 2. The van der Waals surface area contributed by atoms with E-state index in [9.17, 15) is 18.8 Å². The Morgan fingerprint density at radius 2 is 1.83 bits per heavy atom. The number of hydrogen-bond acceptors (Lipinski definition) is 3. The van der Waals surface area contributed by atoms with E-state index < -0.39 is 23.4 Å². The highest BCUT2D eigenvalue weighted by molar-refractivity contribution is 5.96. The summed E-state index contributed by atoms with van der Waals surface area (Å²) in [4.78, 5) is 42.1. The van der Waals surface area contributed by atoms with Crippen molar-refractivity contribution in [3.63, 3.8) is 0 Å². The molecule has 0 saturated heterocycles. The van der Waals surface area contributed by atoms with Gasteiger partial charge in [0, 0.05) is 29.4 Å². The third-order valence-electron chi connectivity index (χ3n) is 6.81. The van der Waals surface area contributed by atoms with Gasteiger partial charge in [0.05, 0.1) is 0 Å². The van der Waals surface area contributed by atoms with Gasteiger partial charge < -0.3 is 21.4 Å². The Kier molecular flexibility index (Phi) is 6.91. The van der Waals surface area contributed by atoms with Crippen molar-refractivity contribution < 1.29 is 18.8 Å². The average molecular weight is 479 g/mol. The highest BCUT2D eigenvalue weighted by Crippen LogP contribution is 2.34. The molecule has 7 nitrogen and oxygen atoms in total. The van der Waals surface area contributed by atoms with Crippen molar-refractivity contribution in [1.82, 2.24) is 15.6 Å². The predicted octanol–water partition coefficient (Wildman–Crippen LogP) is 2.91. The van der Waals surface area contributed by atoms with Crippen LogP contribution < -0.4 is 16.4 Å². The monoisotopic (exact) mass is 478 g/mol. The highest BCUT2D eigenvalue weighted by atomic mass is 19.1. The summed E-state index contributed by atoms with van der Waals surface area (Å²) in [5, 5.41) is 6.81. The van der Waals surface area contributed by atoms with E-state index in [2.05, 4.69) is 15.6 Å². The Bertz CT molecular complexity index is 1250. The largest absolute Gasteiger partial charge is 0.368 e. The zero-order valence-corrected chi connectivity index (χ0v) is 20.0. The Hall–Kier alpha value is -3.68. The first-order valence-corrected chi connectivity index (χ1v) is 11.9. The maximum atomic E-state index is 13.7. The molecule has 35 heavy (non-hydrogen) atoms. The van der Waals surface area contributed by atoms with Crippen LogP contribution in [0.25, 0.3) is 10.9 Å². The van der Waals surface area contributed by atoms with E-state index in [0.29, 0.717) is 25.7 Å². The molecule has 184 valence electrons. The lowest BCUT2D eigenvalue weighted by Gasteiger charge is -2.38. The molecule has 0 fully saturated rings. The minimum Gasteiger partial charge on any atom is -0.368 e. The first-order valence-electron chi connectivity index (χ1n) is 11.9. The fraction of sp³-hybridized carbons (Fsp3) is 0.370. The summed E-state index contributed by atoms with van der Waals surface area (Å²) in [6.07, 6.45) is 1.80. The van der Waals surface area contributed by atoms with Gasteiger partial charge >= 0.3 is 0 Å². The van der Waals surface area contributed by atoms with Crippen molar-refractivity contribution in [3.8, 4) is 0 Å². The number of para-hydroxylation sites is 1. The minimum atomic E-state index is -1.22. The van der Waals surface area contributed by atoms with E-state index in [1.807, 2.05) is 38.1 Å². The van der Waals surface area contributed by atoms with Crippen molar-refractivity contribution >= 4 is 28.6 Å². The second-order valence-corrected chi connectivity index (χ2v) is 9.66. The fourth-order valence-corrected chi connectivity index (χ4v) is 4.84. The second-order valence-electron chi connectivity index (χ2n) is 9.66. The molecule has 0 saturated carbocycles. The van der Waals surface area contributed by atoms with Gasteiger partial charge in [-0.1, -0.05) is 44.2 Å². The van der Waals surface area contributed by atoms with Gasteiger partial charge in [-0.25, -0.2) is 4.39 Å². The molecule has 0 bridgehead atoms. The zero-order chi connectivity index (χ0) is 25.2. The lowest BCUT2D eigenvalue weighted by atomic mass is 9.78. The molecule has 1 aliphatic rings. The van der Waals surface area contributed by atoms with Crippen LogP contribution in [0, 0.1) is 11.7 Å². The number of H-pyrrole nitrogens is 1. The van der Waals surface area contributed by atoms with E-state index >= 15 is 0 Å². The third-order valence-corrected chi connectivity index (χ3v) is 6.81. The Balaban J connectivity index is 1.60. The molecule has 8 heteroatoms. The molecule has 0 radical (unpaired) electrons. The Morgan fingerprint density at radius 3 is 2.51 bits per heavy atom. The van der Waals surface area contributed by atoms with Gasteiger partial charge in [0.2, 0.25) is 17.7 Å². The van der Waals surface area contributed by atoms with Crippen LogP contribution in [-0.2, 0) is 33.6 Å². The van der Waals surface area contributed by atoms with Crippen LogP contribution in [0.5, 0.6) is 0 Å².